The summed E-state index contributed by atoms with van der Waals surface area (Å²) < 4.78 is 7.10. The third kappa shape index (κ3) is 3.10. The summed E-state index contributed by atoms with van der Waals surface area (Å²) in [6.45, 7) is 0. The lowest BCUT2D eigenvalue weighted by molar-refractivity contribution is 0.389. The summed E-state index contributed by atoms with van der Waals surface area (Å²) in [5.41, 5.74) is 5.02. The summed E-state index contributed by atoms with van der Waals surface area (Å²) in [6, 6.07) is 4.01. The second-order valence-corrected chi connectivity index (χ2v) is 4.34. The number of hydrogen-bond acceptors (Lipinski definition) is 5. The Morgan fingerprint density at radius 3 is 2.79 bits per heavy atom. The van der Waals surface area contributed by atoms with E-state index in [1.165, 1.54) is 5.56 Å². The number of aryl methyl sites for hydroxylation is 2. The molecule has 0 aliphatic carbocycles. The first-order valence-electron chi connectivity index (χ1n) is 6.17. The van der Waals surface area contributed by atoms with Crippen molar-refractivity contribution in [3.05, 3.63) is 42.0 Å². The predicted octanol–water partition coefficient (Wildman–Crippen LogP) is 0.961. The van der Waals surface area contributed by atoms with Crippen LogP contribution in [0.15, 0.2) is 30.7 Å². The number of rotatable bonds is 6. The summed E-state index contributed by atoms with van der Waals surface area (Å²) in [5.74, 6) is 6.41. The lowest BCUT2D eigenvalue weighted by Crippen LogP contribution is -2.30. The van der Waals surface area contributed by atoms with E-state index in [-0.39, 0.29) is 6.04 Å². The van der Waals surface area contributed by atoms with Gasteiger partial charge in [0, 0.05) is 19.4 Å². The molecule has 0 fully saturated rings. The molecule has 0 saturated heterocycles. The smallest absolute Gasteiger partial charge is 0.161 e. The zero-order valence-corrected chi connectivity index (χ0v) is 11.2. The first-order valence-corrected chi connectivity index (χ1v) is 6.17. The van der Waals surface area contributed by atoms with E-state index in [0.29, 0.717) is 0 Å². The van der Waals surface area contributed by atoms with E-state index in [2.05, 4.69) is 15.5 Å². The van der Waals surface area contributed by atoms with Crippen molar-refractivity contribution in [1.29, 1.82) is 0 Å². The van der Waals surface area contributed by atoms with Gasteiger partial charge in [0.15, 0.2) is 5.75 Å². The van der Waals surface area contributed by atoms with Crippen LogP contribution in [0.1, 0.15) is 23.7 Å². The van der Waals surface area contributed by atoms with Crippen LogP contribution in [0.3, 0.4) is 0 Å². The standard InChI is InChI=1S/C13H19N5O/c1-18-13(12(19-2)9-16-18)11(17-14)4-3-10-5-7-15-8-6-10/h5-9,11,17H,3-4,14H2,1-2H3. The molecule has 2 aromatic rings. The molecule has 2 heterocycles. The molecule has 0 aliphatic heterocycles. The quantitative estimate of drug-likeness (QED) is 0.598. The number of ether oxygens (including phenoxy) is 1. The molecule has 0 saturated carbocycles. The molecule has 19 heavy (non-hydrogen) atoms. The van der Waals surface area contributed by atoms with Gasteiger partial charge in [0.05, 0.1) is 25.0 Å². The average Bonchev–Trinajstić information content (AvgIpc) is 2.82. The van der Waals surface area contributed by atoms with E-state index in [9.17, 15) is 0 Å². The summed E-state index contributed by atoms with van der Waals surface area (Å²) in [5, 5.41) is 4.20. The van der Waals surface area contributed by atoms with Gasteiger partial charge in [-0.2, -0.15) is 5.10 Å². The molecule has 3 N–H and O–H groups in total. The molecular weight excluding hydrogens is 242 g/mol. The Labute approximate surface area is 112 Å². The molecule has 0 bridgehead atoms. The largest absolute Gasteiger partial charge is 0.493 e. The Hall–Kier alpha value is -1.92. The van der Waals surface area contributed by atoms with E-state index >= 15 is 0 Å². The molecule has 0 spiro atoms. The fourth-order valence-electron chi connectivity index (χ4n) is 2.14. The predicted molar refractivity (Wildman–Crippen MR) is 72.4 cm³/mol. The first-order chi connectivity index (χ1) is 9.26. The van der Waals surface area contributed by atoms with E-state index < -0.39 is 0 Å². The van der Waals surface area contributed by atoms with Crippen LogP contribution in [-0.4, -0.2) is 21.9 Å². The van der Waals surface area contributed by atoms with Gasteiger partial charge < -0.3 is 4.74 Å². The van der Waals surface area contributed by atoms with Crippen molar-refractivity contribution in [2.24, 2.45) is 12.9 Å². The van der Waals surface area contributed by atoms with Crippen LogP contribution < -0.4 is 16.0 Å². The van der Waals surface area contributed by atoms with Crippen molar-refractivity contribution in [3.63, 3.8) is 0 Å². The number of pyridine rings is 1. The van der Waals surface area contributed by atoms with Crippen LogP contribution in [0.25, 0.3) is 0 Å². The summed E-state index contributed by atoms with van der Waals surface area (Å²) in [7, 11) is 3.52. The van der Waals surface area contributed by atoms with Gasteiger partial charge in [0.25, 0.3) is 0 Å². The maximum atomic E-state index is 5.66. The highest BCUT2D eigenvalue weighted by atomic mass is 16.5. The van der Waals surface area contributed by atoms with Gasteiger partial charge in [-0.15, -0.1) is 0 Å². The maximum Gasteiger partial charge on any atom is 0.161 e. The van der Waals surface area contributed by atoms with Crippen LogP contribution in [0.2, 0.25) is 0 Å². The number of hydrazine groups is 1. The van der Waals surface area contributed by atoms with Crippen molar-refractivity contribution in [2.75, 3.05) is 7.11 Å². The van der Waals surface area contributed by atoms with Gasteiger partial charge >= 0.3 is 0 Å². The molecule has 6 nitrogen and oxygen atoms in total. The number of aromatic nitrogens is 3. The van der Waals surface area contributed by atoms with Gasteiger partial charge in [-0.3, -0.25) is 20.9 Å². The second kappa shape index (κ2) is 6.31. The van der Waals surface area contributed by atoms with Crippen molar-refractivity contribution < 1.29 is 4.74 Å². The Kier molecular flexibility index (Phi) is 4.48. The second-order valence-electron chi connectivity index (χ2n) is 4.34. The molecule has 102 valence electrons. The molecule has 0 aromatic carbocycles. The highest BCUT2D eigenvalue weighted by Gasteiger charge is 2.19. The molecule has 0 amide bonds. The van der Waals surface area contributed by atoms with E-state index in [1.54, 1.807) is 30.4 Å². The highest BCUT2D eigenvalue weighted by Crippen LogP contribution is 2.26. The van der Waals surface area contributed by atoms with Gasteiger partial charge in [-0.1, -0.05) is 0 Å². The third-order valence-electron chi connectivity index (χ3n) is 3.17. The fourth-order valence-corrected chi connectivity index (χ4v) is 2.14. The zero-order chi connectivity index (χ0) is 13.7. The Morgan fingerprint density at radius 2 is 2.16 bits per heavy atom. The minimum atomic E-state index is -0.00406. The molecular formula is C13H19N5O. The molecule has 2 aromatic heterocycles. The van der Waals surface area contributed by atoms with Crippen molar-refractivity contribution in [2.45, 2.75) is 18.9 Å². The molecule has 1 atom stereocenters. The van der Waals surface area contributed by atoms with Crippen LogP contribution >= 0.6 is 0 Å². The summed E-state index contributed by atoms with van der Waals surface area (Å²) >= 11 is 0. The molecule has 2 rings (SSSR count). The van der Waals surface area contributed by atoms with Crippen molar-refractivity contribution in [1.82, 2.24) is 20.2 Å². The zero-order valence-electron chi connectivity index (χ0n) is 11.2. The van der Waals surface area contributed by atoms with Crippen molar-refractivity contribution in [3.8, 4) is 5.75 Å². The van der Waals surface area contributed by atoms with Crippen LogP contribution in [-0.2, 0) is 13.5 Å². The van der Waals surface area contributed by atoms with Crippen LogP contribution in [0, 0.1) is 0 Å². The normalized spacial score (nSPS) is 12.4. The van der Waals surface area contributed by atoms with Gasteiger partial charge in [0.1, 0.15) is 0 Å². The topological polar surface area (TPSA) is 78.0 Å². The van der Waals surface area contributed by atoms with Crippen LogP contribution in [0.5, 0.6) is 5.75 Å². The number of methoxy groups -OCH3 is 1. The van der Waals surface area contributed by atoms with Crippen LogP contribution in [0.4, 0.5) is 0 Å². The summed E-state index contributed by atoms with van der Waals surface area (Å²) in [6.07, 6.45) is 7.06. The highest BCUT2D eigenvalue weighted by molar-refractivity contribution is 5.28. The number of nitrogens with one attached hydrogen (secondary N) is 1. The molecule has 6 heteroatoms. The van der Waals surface area contributed by atoms with E-state index in [1.807, 2.05) is 19.2 Å². The molecule has 1 unspecified atom stereocenters. The average molecular weight is 261 g/mol. The lowest BCUT2D eigenvalue weighted by Gasteiger charge is -2.17. The fraction of sp³-hybridized carbons (Fsp3) is 0.385. The minimum Gasteiger partial charge on any atom is -0.493 e. The number of nitrogens with two attached hydrogens (primary N) is 1. The maximum absolute atomic E-state index is 5.66. The monoisotopic (exact) mass is 261 g/mol. The van der Waals surface area contributed by atoms with Crippen molar-refractivity contribution >= 4 is 0 Å². The van der Waals surface area contributed by atoms with Gasteiger partial charge in [0.2, 0.25) is 0 Å². The Balaban J connectivity index is 2.10. The summed E-state index contributed by atoms with van der Waals surface area (Å²) in [4.78, 5) is 4.01. The molecule has 0 aliphatic rings. The van der Waals surface area contributed by atoms with Gasteiger partial charge in [-0.05, 0) is 30.5 Å². The van der Waals surface area contributed by atoms with E-state index in [4.69, 9.17) is 10.6 Å². The third-order valence-corrected chi connectivity index (χ3v) is 3.17. The minimum absolute atomic E-state index is 0.00406. The van der Waals surface area contributed by atoms with E-state index in [0.717, 1.165) is 24.3 Å². The number of hydrogen-bond donors (Lipinski definition) is 2. The lowest BCUT2D eigenvalue weighted by atomic mass is 10.0. The SMILES string of the molecule is COc1cnn(C)c1C(CCc1ccncc1)NN. The Morgan fingerprint density at radius 1 is 1.42 bits per heavy atom. The number of nitrogens with zero attached hydrogens (tertiary/aromatic N) is 3. The first kappa shape index (κ1) is 13.5. The Bertz CT molecular complexity index is 511. The molecule has 0 radical (unpaired) electrons. The van der Waals surface area contributed by atoms with Gasteiger partial charge in [-0.25, -0.2) is 0 Å².